The van der Waals surface area contributed by atoms with Gasteiger partial charge in [-0.2, -0.15) is 0 Å². The zero-order valence-corrected chi connectivity index (χ0v) is 16.3. The van der Waals surface area contributed by atoms with Crippen molar-refractivity contribution in [1.82, 2.24) is 9.97 Å². The van der Waals surface area contributed by atoms with Gasteiger partial charge in [0.2, 0.25) is 0 Å². The fraction of sp³-hybridized carbons (Fsp3) is 0.143. The fourth-order valence-corrected chi connectivity index (χ4v) is 2.58. The molecule has 0 aliphatic carbocycles. The number of carbonyl (C=O) groups excluding carboxylic acids is 2. The number of nitrogens with one attached hydrogen (secondary N) is 2. The van der Waals surface area contributed by atoms with E-state index in [9.17, 15) is 9.59 Å². The molecule has 3 aromatic rings. The zero-order chi connectivity index (χ0) is 20.8. The van der Waals surface area contributed by atoms with Crippen LogP contribution < -0.4 is 15.5 Å². The molecule has 2 aromatic carbocycles. The van der Waals surface area contributed by atoms with Gasteiger partial charge in [-0.25, -0.2) is 14.8 Å². The van der Waals surface area contributed by atoms with Gasteiger partial charge in [0.25, 0.3) is 5.91 Å². The molecule has 0 radical (unpaired) electrons. The van der Waals surface area contributed by atoms with Gasteiger partial charge in [0, 0.05) is 37.2 Å². The first-order valence-electron chi connectivity index (χ1n) is 8.82. The van der Waals surface area contributed by atoms with E-state index in [1.54, 1.807) is 24.3 Å². The molecule has 1 heterocycles. The Morgan fingerprint density at radius 2 is 1.72 bits per heavy atom. The summed E-state index contributed by atoms with van der Waals surface area (Å²) in [6.07, 6.45) is 1.32. The molecule has 29 heavy (non-hydrogen) atoms. The second-order valence-corrected chi connectivity index (χ2v) is 6.38. The van der Waals surface area contributed by atoms with Crippen LogP contribution in [0.15, 0.2) is 60.9 Å². The normalized spacial score (nSPS) is 10.2. The second-order valence-electron chi connectivity index (χ2n) is 6.38. The summed E-state index contributed by atoms with van der Waals surface area (Å²) in [5, 5.41) is 5.87. The molecule has 0 fully saturated rings. The molecule has 0 aliphatic rings. The Morgan fingerprint density at radius 1 is 0.966 bits per heavy atom. The van der Waals surface area contributed by atoms with Crippen LogP contribution in [0.1, 0.15) is 20.8 Å². The number of hydrogen-bond acceptors (Lipinski definition) is 7. The van der Waals surface area contributed by atoms with E-state index in [0.29, 0.717) is 17.1 Å². The van der Waals surface area contributed by atoms with E-state index >= 15 is 0 Å². The number of anilines is 4. The lowest BCUT2D eigenvalue weighted by molar-refractivity contribution is 0.0600. The predicted molar refractivity (Wildman–Crippen MR) is 112 cm³/mol. The monoisotopic (exact) mass is 391 g/mol. The van der Waals surface area contributed by atoms with E-state index in [1.165, 1.54) is 19.5 Å². The number of benzene rings is 2. The third-order valence-corrected chi connectivity index (χ3v) is 4.10. The Kier molecular flexibility index (Phi) is 6.03. The maximum atomic E-state index is 12.5. The van der Waals surface area contributed by atoms with Crippen LogP contribution in [0, 0.1) is 0 Å². The third-order valence-electron chi connectivity index (χ3n) is 4.10. The van der Waals surface area contributed by atoms with Crippen LogP contribution in [-0.2, 0) is 4.74 Å². The van der Waals surface area contributed by atoms with Crippen molar-refractivity contribution < 1.29 is 14.3 Å². The summed E-state index contributed by atoms with van der Waals surface area (Å²) in [6, 6.07) is 15.8. The van der Waals surface area contributed by atoms with Gasteiger partial charge in [-0.3, -0.25) is 4.79 Å². The SMILES string of the molecule is COC(=O)c1cccc(NC(=O)c2cc(Nc3ccc(N(C)C)cc3)ncn2)c1. The van der Waals surface area contributed by atoms with Gasteiger partial charge in [0.1, 0.15) is 17.8 Å². The minimum absolute atomic E-state index is 0.191. The first-order chi connectivity index (χ1) is 14.0. The number of carbonyl (C=O) groups is 2. The smallest absolute Gasteiger partial charge is 0.337 e. The standard InChI is InChI=1S/C21H21N5O3/c1-26(2)17-9-7-15(8-10-17)24-19-12-18(22-13-23-19)20(27)25-16-6-4-5-14(11-16)21(28)29-3/h4-13H,1-3H3,(H,25,27)(H,22,23,24). The topological polar surface area (TPSA) is 96.4 Å². The average molecular weight is 391 g/mol. The predicted octanol–water partition coefficient (Wildman–Crippen LogP) is 3.33. The van der Waals surface area contributed by atoms with Crippen LogP contribution in [0.3, 0.4) is 0 Å². The second kappa shape index (κ2) is 8.83. The largest absolute Gasteiger partial charge is 0.465 e. The number of hydrogen-bond donors (Lipinski definition) is 2. The molecule has 0 saturated carbocycles. The lowest BCUT2D eigenvalue weighted by Gasteiger charge is -2.13. The minimum Gasteiger partial charge on any atom is -0.465 e. The summed E-state index contributed by atoms with van der Waals surface area (Å²) in [5.74, 6) is -0.401. The Balaban J connectivity index is 1.72. The molecule has 0 saturated heterocycles. The molecular weight excluding hydrogens is 370 g/mol. The van der Waals surface area contributed by atoms with E-state index in [-0.39, 0.29) is 5.69 Å². The van der Waals surface area contributed by atoms with Crippen LogP contribution in [0.4, 0.5) is 22.9 Å². The van der Waals surface area contributed by atoms with Crippen LogP contribution in [0.5, 0.6) is 0 Å². The van der Waals surface area contributed by atoms with Crippen molar-refractivity contribution in [2.75, 3.05) is 36.7 Å². The summed E-state index contributed by atoms with van der Waals surface area (Å²) < 4.78 is 4.69. The summed E-state index contributed by atoms with van der Waals surface area (Å²) in [5.41, 5.74) is 2.91. The Bertz CT molecular complexity index is 1020. The first kappa shape index (κ1) is 19.8. The Labute approximate surface area is 168 Å². The molecule has 8 nitrogen and oxygen atoms in total. The first-order valence-corrected chi connectivity index (χ1v) is 8.82. The van der Waals surface area contributed by atoms with Gasteiger partial charge in [0.05, 0.1) is 12.7 Å². The van der Waals surface area contributed by atoms with E-state index in [0.717, 1.165) is 11.4 Å². The highest BCUT2D eigenvalue weighted by Crippen LogP contribution is 2.19. The molecule has 148 valence electrons. The highest BCUT2D eigenvalue weighted by molar-refractivity contribution is 6.04. The molecule has 1 amide bonds. The van der Waals surface area contributed by atoms with Crippen molar-refractivity contribution in [2.24, 2.45) is 0 Å². The molecule has 0 atom stereocenters. The Morgan fingerprint density at radius 3 is 2.41 bits per heavy atom. The summed E-state index contributed by atoms with van der Waals surface area (Å²) >= 11 is 0. The van der Waals surface area contributed by atoms with Crippen molar-refractivity contribution in [3.63, 3.8) is 0 Å². The highest BCUT2D eigenvalue weighted by Gasteiger charge is 2.11. The molecule has 0 spiro atoms. The molecule has 8 heteroatoms. The number of rotatable bonds is 6. The zero-order valence-electron chi connectivity index (χ0n) is 16.3. The van der Waals surface area contributed by atoms with Crippen molar-refractivity contribution in [2.45, 2.75) is 0 Å². The van der Waals surface area contributed by atoms with Crippen LogP contribution in [0.25, 0.3) is 0 Å². The number of amides is 1. The van der Waals surface area contributed by atoms with E-state index in [4.69, 9.17) is 4.74 Å². The van der Waals surface area contributed by atoms with E-state index in [1.807, 2.05) is 43.3 Å². The van der Waals surface area contributed by atoms with E-state index in [2.05, 4.69) is 20.6 Å². The fourth-order valence-electron chi connectivity index (χ4n) is 2.58. The van der Waals surface area contributed by atoms with Crippen molar-refractivity contribution >= 4 is 34.8 Å². The molecule has 0 unspecified atom stereocenters. The van der Waals surface area contributed by atoms with Crippen molar-refractivity contribution in [3.8, 4) is 0 Å². The minimum atomic E-state index is -0.477. The lowest BCUT2D eigenvalue weighted by atomic mass is 10.2. The number of nitrogens with zero attached hydrogens (tertiary/aromatic N) is 3. The Hall–Kier alpha value is -3.94. The number of esters is 1. The average Bonchev–Trinajstić information content (AvgIpc) is 2.74. The highest BCUT2D eigenvalue weighted by atomic mass is 16.5. The summed E-state index contributed by atoms with van der Waals surface area (Å²) in [7, 11) is 5.24. The molecule has 0 bridgehead atoms. The van der Waals surface area contributed by atoms with Crippen LogP contribution >= 0.6 is 0 Å². The van der Waals surface area contributed by atoms with Gasteiger partial charge in [-0.15, -0.1) is 0 Å². The molecule has 0 aliphatic heterocycles. The molecule has 3 rings (SSSR count). The van der Waals surface area contributed by atoms with Crippen LogP contribution in [0.2, 0.25) is 0 Å². The number of aromatic nitrogens is 2. The van der Waals surface area contributed by atoms with Crippen molar-refractivity contribution in [3.05, 3.63) is 72.2 Å². The maximum absolute atomic E-state index is 12.5. The van der Waals surface area contributed by atoms with Gasteiger partial charge in [0.15, 0.2) is 0 Å². The van der Waals surface area contributed by atoms with Gasteiger partial charge >= 0.3 is 5.97 Å². The van der Waals surface area contributed by atoms with Crippen molar-refractivity contribution in [1.29, 1.82) is 0 Å². The lowest BCUT2D eigenvalue weighted by Crippen LogP contribution is -2.15. The number of ether oxygens (including phenoxy) is 1. The third kappa shape index (κ3) is 5.07. The van der Waals surface area contributed by atoms with Gasteiger partial charge in [-0.1, -0.05) is 6.07 Å². The molecule has 2 N–H and O–H groups in total. The van der Waals surface area contributed by atoms with Gasteiger partial charge in [-0.05, 0) is 42.5 Å². The maximum Gasteiger partial charge on any atom is 0.337 e. The molecule has 1 aromatic heterocycles. The van der Waals surface area contributed by atoms with Gasteiger partial charge < -0.3 is 20.3 Å². The number of methoxy groups -OCH3 is 1. The molecular formula is C21H21N5O3. The van der Waals surface area contributed by atoms with Crippen LogP contribution in [-0.4, -0.2) is 43.0 Å². The van der Waals surface area contributed by atoms with E-state index < -0.39 is 11.9 Å². The summed E-state index contributed by atoms with van der Waals surface area (Å²) in [6.45, 7) is 0. The summed E-state index contributed by atoms with van der Waals surface area (Å²) in [4.78, 5) is 34.4. The quantitative estimate of drug-likeness (QED) is 0.622.